The normalized spacial score (nSPS) is 12.9. The molecule has 0 aliphatic rings. The number of nitrogens with one attached hydrogen (secondary N) is 1. The summed E-state index contributed by atoms with van der Waals surface area (Å²) in [4.78, 5) is 8.90. The number of hydrogen-bond donors (Lipinski definition) is 1. The van der Waals surface area contributed by atoms with Crippen LogP contribution >= 0.6 is 35.2 Å². The van der Waals surface area contributed by atoms with Gasteiger partial charge in [-0.05, 0) is 36.7 Å². The Labute approximate surface area is 124 Å². The number of rotatable bonds is 3. The van der Waals surface area contributed by atoms with Gasteiger partial charge in [-0.25, -0.2) is 4.98 Å². The predicted molar refractivity (Wildman–Crippen MR) is 82.7 cm³/mol. The van der Waals surface area contributed by atoms with Crippen LogP contribution in [0.2, 0.25) is 5.02 Å². The molecule has 6 heteroatoms. The molecule has 1 unspecified atom stereocenters. The second-order valence-electron chi connectivity index (χ2n) is 4.46. The lowest BCUT2D eigenvalue weighted by Gasteiger charge is -2.12. The first-order valence-electron chi connectivity index (χ1n) is 5.93. The minimum Gasteiger partial charge on any atom is -0.329 e. The first-order chi connectivity index (χ1) is 9.15. The first kappa shape index (κ1) is 12.8. The molecule has 1 atom stereocenters. The van der Waals surface area contributed by atoms with Gasteiger partial charge in [0.2, 0.25) is 0 Å². The van der Waals surface area contributed by atoms with Gasteiger partial charge >= 0.3 is 0 Å². The fraction of sp³-hybridized carbons (Fsp3) is 0.231. The van der Waals surface area contributed by atoms with Crippen LogP contribution in [0.5, 0.6) is 0 Å². The molecule has 0 saturated carbocycles. The van der Waals surface area contributed by atoms with E-state index >= 15 is 0 Å². The summed E-state index contributed by atoms with van der Waals surface area (Å²) in [6.45, 7) is 2.15. The Kier molecular flexibility index (Phi) is 3.43. The van der Waals surface area contributed by atoms with Crippen LogP contribution in [0.4, 0.5) is 0 Å². The Morgan fingerprint density at radius 2 is 2.42 bits per heavy atom. The summed E-state index contributed by atoms with van der Waals surface area (Å²) >= 11 is 13.1. The summed E-state index contributed by atoms with van der Waals surface area (Å²) < 4.78 is 2.74. The van der Waals surface area contributed by atoms with E-state index in [9.17, 15) is 0 Å². The number of nitrogens with zero attached hydrogens (tertiary/aromatic N) is 2. The van der Waals surface area contributed by atoms with Crippen molar-refractivity contribution in [3.05, 3.63) is 44.4 Å². The molecular formula is C13H12ClN3S2. The molecule has 3 aromatic heterocycles. The van der Waals surface area contributed by atoms with Gasteiger partial charge in [0.15, 0.2) is 10.4 Å². The van der Waals surface area contributed by atoms with Gasteiger partial charge in [0.25, 0.3) is 0 Å². The zero-order chi connectivity index (χ0) is 13.4. The molecular weight excluding hydrogens is 298 g/mol. The third-order valence-electron chi connectivity index (χ3n) is 3.04. The predicted octanol–water partition coefficient (Wildman–Crippen LogP) is 4.61. The smallest absolute Gasteiger partial charge is 0.179 e. The van der Waals surface area contributed by atoms with Crippen molar-refractivity contribution in [2.24, 2.45) is 0 Å². The lowest BCUT2D eigenvalue weighted by molar-refractivity contribution is 0.553. The Bertz CT molecular complexity index is 758. The summed E-state index contributed by atoms with van der Waals surface area (Å²) in [5.74, 6) is 0. The molecule has 0 amide bonds. The van der Waals surface area contributed by atoms with Gasteiger partial charge in [0.05, 0.1) is 10.5 Å². The van der Waals surface area contributed by atoms with Crippen molar-refractivity contribution >= 4 is 46.3 Å². The number of fused-ring (bicyclic) bond motifs is 1. The van der Waals surface area contributed by atoms with Crippen LogP contribution in [-0.2, 0) is 6.42 Å². The lowest BCUT2D eigenvalue weighted by atomic mass is 10.2. The van der Waals surface area contributed by atoms with E-state index in [0.717, 1.165) is 17.6 Å². The van der Waals surface area contributed by atoms with E-state index in [1.807, 2.05) is 6.07 Å². The quantitative estimate of drug-likeness (QED) is 0.717. The SMILES string of the molecule is CC(Cc1cccs1)n1c(=S)[nH]c2cc(Cl)cnc21. The third kappa shape index (κ3) is 2.45. The highest BCUT2D eigenvalue weighted by atomic mass is 35.5. The van der Waals surface area contributed by atoms with Crippen molar-refractivity contribution in [1.82, 2.24) is 14.5 Å². The van der Waals surface area contributed by atoms with Crippen molar-refractivity contribution in [3.63, 3.8) is 0 Å². The first-order valence-corrected chi connectivity index (χ1v) is 7.60. The molecule has 0 saturated heterocycles. The van der Waals surface area contributed by atoms with Gasteiger partial charge in [-0.15, -0.1) is 11.3 Å². The van der Waals surface area contributed by atoms with E-state index < -0.39 is 0 Å². The van der Waals surface area contributed by atoms with Gasteiger partial charge in [-0.2, -0.15) is 0 Å². The van der Waals surface area contributed by atoms with Crippen molar-refractivity contribution in [2.75, 3.05) is 0 Å². The van der Waals surface area contributed by atoms with E-state index in [1.165, 1.54) is 4.88 Å². The molecule has 98 valence electrons. The minimum absolute atomic E-state index is 0.258. The molecule has 3 nitrogen and oxygen atoms in total. The fourth-order valence-electron chi connectivity index (χ4n) is 2.21. The van der Waals surface area contributed by atoms with Gasteiger partial charge < -0.3 is 4.98 Å². The second-order valence-corrected chi connectivity index (χ2v) is 6.31. The van der Waals surface area contributed by atoms with Gasteiger partial charge in [-0.3, -0.25) is 4.57 Å². The fourth-order valence-corrected chi connectivity index (χ4v) is 3.57. The average molecular weight is 310 g/mol. The monoisotopic (exact) mass is 309 g/mol. The highest BCUT2D eigenvalue weighted by Crippen LogP contribution is 2.23. The minimum atomic E-state index is 0.258. The summed E-state index contributed by atoms with van der Waals surface area (Å²) in [6, 6.07) is 6.32. The largest absolute Gasteiger partial charge is 0.329 e. The number of aromatic amines is 1. The number of halogens is 1. The third-order valence-corrected chi connectivity index (χ3v) is 4.44. The molecule has 0 spiro atoms. The standard InChI is InChI=1S/C13H12ClN3S2/c1-8(5-10-3-2-4-19-10)17-12-11(16-13(17)18)6-9(14)7-15-12/h2-4,6-8H,5H2,1H3,(H,16,18). The van der Waals surface area contributed by atoms with Gasteiger partial charge in [0.1, 0.15) is 0 Å². The molecule has 0 radical (unpaired) electrons. The number of hydrogen-bond acceptors (Lipinski definition) is 3. The Morgan fingerprint density at radius 1 is 1.58 bits per heavy atom. The maximum Gasteiger partial charge on any atom is 0.179 e. The van der Waals surface area contributed by atoms with Crippen LogP contribution in [-0.4, -0.2) is 14.5 Å². The van der Waals surface area contributed by atoms with E-state index in [2.05, 4.69) is 39.0 Å². The maximum atomic E-state index is 5.95. The topological polar surface area (TPSA) is 33.6 Å². The van der Waals surface area contributed by atoms with E-state index in [4.69, 9.17) is 23.8 Å². The van der Waals surface area contributed by atoms with E-state index in [0.29, 0.717) is 9.79 Å². The summed E-state index contributed by atoms with van der Waals surface area (Å²) in [5, 5.41) is 2.70. The summed E-state index contributed by atoms with van der Waals surface area (Å²) in [7, 11) is 0. The van der Waals surface area contributed by atoms with Crippen LogP contribution in [0, 0.1) is 4.77 Å². The molecule has 0 fully saturated rings. The summed E-state index contributed by atoms with van der Waals surface area (Å²) in [6.07, 6.45) is 2.60. The molecule has 0 bridgehead atoms. The van der Waals surface area contributed by atoms with Crippen LogP contribution in [0.25, 0.3) is 11.2 Å². The molecule has 19 heavy (non-hydrogen) atoms. The van der Waals surface area contributed by atoms with Gasteiger partial charge in [0, 0.05) is 23.5 Å². The van der Waals surface area contributed by atoms with Crippen LogP contribution in [0.3, 0.4) is 0 Å². The number of imidazole rings is 1. The zero-order valence-corrected chi connectivity index (χ0v) is 12.6. The van der Waals surface area contributed by atoms with Crippen molar-refractivity contribution in [1.29, 1.82) is 0 Å². The molecule has 0 aliphatic carbocycles. The molecule has 3 aromatic rings. The molecule has 1 N–H and O–H groups in total. The average Bonchev–Trinajstić information content (AvgIpc) is 2.95. The zero-order valence-electron chi connectivity index (χ0n) is 10.3. The highest BCUT2D eigenvalue weighted by Gasteiger charge is 2.13. The van der Waals surface area contributed by atoms with Crippen LogP contribution in [0.1, 0.15) is 17.8 Å². The lowest BCUT2D eigenvalue weighted by Crippen LogP contribution is -2.08. The van der Waals surface area contributed by atoms with E-state index in [-0.39, 0.29) is 6.04 Å². The van der Waals surface area contributed by atoms with Crippen molar-refractivity contribution in [3.8, 4) is 0 Å². The Hall–Kier alpha value is -1.17. The second kappa shape index (κ2) is 5.07. The van der Waals surface area contributed by atoms with Crippen molar-refractivity contribution in [2.45, 2.75) is 19.4 Å². The number of pyridine rings is 1. The van der Waals surface area contributed by atoms with Gasteiger partial charge in [-0.1, -0.05) is 17.7 Å². The number of thiophene rings is 1. The molecule has 3 heterocycles. The summed E-state index contributed by atoms with van der Waals surface area (Å²) in [5.41, 5.74) is 1.74. The maximum absolute atomic E-state index is 5.95. The Morgan fingerprint density at radius 3 is 3.16 bits per heavy atom. The Balaban J connectivity index is 2.04. The molecule has 0 aromatic carbocycles. The number of aromatic nitrogens is 3. The van der Waals surface area contributed by atoms with E-state index in [1.54, 1.807) is 17.5 Å². The molecule has 3 rings (SSSR count). The number of H-pyrrole nitrogens is 1. The molecule has 0 aliphatic heterocycles. The van der Waals surface area contributed by atoms with Crippen LogP contribution < -0.4 is 0 Å². The highest BCUT2D eigenvalue weighted by molar-refractivity contribution is 7.71. The van der Waals surface area contributed by atoms with Crippen LogP contribution in [0.15, 0.2) is 29.8 Å². The van der Waals surface area contributed by atoms with Crippen molar-refractivity contribution < 1.29 is 0 Å².